The highest BCUT2D eigenvalue weighted by molar-refractivity contribution is 7.89. The monoisotopic (exact) mass is 486 g/mol. The van der Waals surface area contributed by atoms with Crippen LogP contribution >= 0.6 is 0 Å². The van der Waals surface area contributed by atoms with E-state index >= 15 is 0 Å². The molecule has 1 unspecified atom stereocenters. The van der Waals surface area contributed by atoms with Crippen LogP contribution in [-0.2, 0) is 21.2 Å². The van der Waals surface area contributed by atoms with Gasteiger partial charge in [0.2, 0.25) is 15.9 Å². The van der Waals surface area contributed by atoms with Gasteiger partial charge in [-0.1, -0.05) is 78.4 Å². The number of hydrogen-bond acceptors (Lipinski definition) is 4. The van der Waals surface area contributed by atoms with Crippen LogP contribution in [0.15, 0.2) is 114 Å². The van der Waals surface area contributed by atoms with Crippen molar-refractivity contribution >= 4 is 21.6 Å². The number of nitrogens with one attached hydrogen (secondary N) is 2. The molecule has 4 rings (SSSR count). The molecule has 0 spiro atoms. The van der Waals surface area contributed by atoms with E-state index in [-0.39, 0.29) is 11.3 Å². The maximum atomic E-state index is 13.4. The van der Waals surface area contributed by atoms with E-state index in [1.54, 1.807) is 36.4 Å². The van der Waals surface area contributed by atoms with Crippen molar-refractivity contribution in [2.45, 2.75) is 24.3 Å². The molecule has 0 aliphatic carbocycles. The number of carbonyl (C=O) groups is 1. The molecule has 4 aromatic carbocycles. The third-order valence-electron chi connectivity index (χ3n) is 5.34. The number of para-hydroxylation sites is 3. The Labute approximate surface area is 205 Å². The largest absolute Gasteiger partial charge is 0.455 e. The van der Waals surface area contributed by atoms with Gasteiger partial charge >= 0.3 is 0 Å². The van der Waals surface area contributed by atoms with Crippen LogP contribution < -0.4 is 14.8 Å². The Bertz CT molecular complexity index is 1370. The smallest absolute Gasteiger partial charge is 0.243 e. The molecule has 0 saturated carbocycles. The fourth-order valence-electron chi connectivity index (χ4n) is 3.50. The Morgan fingerprint density at radius 3 is 2.09 bits per heavy atom. The van der Waals surface area contributed by atoms with E-state index in [4.69, 9.17) is 4.74 Å². The molecule has 0 heterocycles. The van der Waals surface area contributed by atoms with Crippen LogP contribution in [0.5, 0.6) is 11.5 Å². The first-order chi connectivity index (χ1) is 16.9. The molecule has 0 saturated heterocycles. The topological polar surface area (TPSA) is 84.5 Å². The van der Waals surface area contributed by atoms with Gasteiger partial charge in [-0.25, -0.2) is 8.42 Å². The summed E-state index contributed by atoms with van der Waals surface area (Å²) in [6.07, 6.45) is 0.180. The minimum absolute atomic E-state index is 0.0989. The molecule has 0 radical (unpaired) electrons. The van der Waals surface area contributed by atoms with E-state index < -0.39 is 22.0 Å². The molecule has 1 atom stereocenters. The maximum absolute atomic E-state index is 13.4. The zero-order chi connectivity index (χ0) is 24.7. The minimum atomic E-state index is -3.93. The Morgan fingerprint density at radius 2 is 1.40 bits per heavy atom. The summed E-state index contributed by atoms with van der Waals surface area (Å²) in [6, 6.07) is 31.0. The second-order valence-corrected chi connectivity index (χ2v) is 9.79. The molecule has 0 aliphatic heterocycles. The summed E-state index contributed by atoms with van der Waals surface area (Å²) >= 11 is 0. The van der Waals surface area contributed by atoms with E-state index in [9.17, 15) is 13.2 Å². The van der Waals surface area contributed by atoms with E-state index in [1.165, 1.54) is 12.1 Å². The van der Waals surface area contributed by atoms with Crippen molar-refractivity contribution in [3.63, 3.8) is 0 Å². The molecule has 0 aliphatic rings. The van der Waals surface area contributed by atoms with Gasteiger partial charge in [0.25, 0.3) is 0 Å². The van der Waals surface area contributed by atoms with Crippen molar-refractivity contribution in [3.05, 3.63) is 120 Å². The number of carbonyl (C=O) groups excluding carboxylic acids is 1. The highest BCUT2D eigenvalue weighted by atomic mass is 32.2. The highest BCUT2D eigenvalue weighted by Crippen LogP contribution is 2.29. The minimum Gasteiger partial charge on any atom is -0.455 e. The zero-order valence-corrected chi connectivity index (χ0v) is 20.0. The van der Waals surface area contributed by atoms with Gasteiger partial charge in [0.15, 0.2) is 5.75 Å². The molecule has 7 heteroatoms. The third kappa shape index (κ3) is 6.56. The van der Waals surface area contributed by atoms with Crippen molar-refractivity contribution in [2.24, 2.45) is 0 Å². The Hall–Kier alpha value is -3.94. The van der Waals surface area contributed by atoms with Crippen LogP contribution in [0, 0.1) is 6.92 Å². The van der Waals surface area contributed by atoms with Crippen LogP contribution in [0.3, 0.4) is 0 Å². The molecule has 0 aromatic heterocycles. The van der Waals surface area contributed by atoms with Gasteiger partial charge in [0.05, 0.1) is 10.6 Å². The van der Waals surface area contributed by atoms with Gasteiger partial charge in [0, 0.05) is 0 Å². The third-order valence-corrected chi connectivity index (χ3v) is 6.83. The molecule has 0 fully saturated rings. The summed E-state index contributed by atoms with van der Waals surface area (Å²) in [5.41, 5.74) is 2.21. The maximum Gasteiger partial charge on any atom is 0.243 e. The van der Waals surface area contributed by atoms with Crippen LogP contribution in [0.4, 0.5) is 5.69 Å². The number of amides is 1. The predicted octanol–water partition coefficient (Wildman–Crippen LogP) is 5.32. The van der Waals surface area contributed by atoms with Gasteiger partial charge < -0.3 is 10.1 Å². The number of ether oxygens (including phenoxy) is 1. The Balaban J connectivity index is 1.59. The molecule has 4 aromatic rings. The number of hydrogen-bond donors (Lipinski definition) is 2. The van der Waals surface area contributed by atoms with E-state index in [0.29, 0.717) is 17.2 Å². The molecular formula is C28H26N2O4S. The highest BCUT2D eigenvalue weighted by Gasteiger charge is 2.27. The first kappa shape index (κ1) is 24.2. The van der Waals surface area contributed by atoms with Crippen molar-refractivity contribution in [1.29, 1.82) is 0 Å². The zero-order valence-electron chi connectivity index (χ0n) is 19.2. The molecule has 2 N–H and O–H groups in total. The summed E-state index contributed by atoms with van der Waals surface area (Å²) in [5, 5.41) is 2.84. The number of aryl methyl sites for hydroxylation is 1. The fourth-order valence-corrected chi connectivity index (χ4v) is 4.70. The average molecular weight is 487 g/mol. The lowest BCUT2D eigenvalue weighted by molar-refractivity contribution is -0.117. The second-order valence-electron chi connectivity index (χ2n) is 8.08. The van der Waals surface area contributed by atoms with Crippen LogP contribution in [0.1, 0.15) is 11.1 Å². The Morgan fingerprint density at radius 1 is 0.800 bits per heavy atom. The normalized spacial score (nSPS) is 12.0. The van der Waals surface area contributed by atoms with Gasteiger partial charge in [-0.05, 0) is 55.3 Å². The van der Waals surface area contributed by atoms with Crippen molar-refractivity contribution < 1.29 is 17.9 Å². The van der Waals surface area contributed by atoms with E-state index in [2.05, 4.69) is 10.0 Å². The summed E-state index contributed by atoms with van der Waals surface area (Å²) in [4.78, 5) is 13.5. The molecule has 6 nitrogen and oxygen atoms in total. The van der Waals surface area contributed by atoms with Gasteiger partial charge in [-0.2, -0.15) is 4.72 Å². The van der Waals surface area contributed by atoms with E-state index in [0.717, 1.165) is 11.1 Å². The molecule has 0 bridgehead atoms. The molecular weight excluding hydrogens is 460 g/mol. The second kappa shape index (κ2) is 11.0. The quantitative estimate of drug-likeness (QED) is 0.336. The van der Waals surface area contributed by atoms with Gasteiger partial charge in [-0.15, -0.1) is 0 Å². The van der Waals surface area contributed by atoms with Crippen LogP contribution in [0.2, 0.25) is 0 Å². The molecule has 35 heavy (non-hydrogen) atoms. The number of benzene rings is 4. The first-order valence-corrected chi connectivity index (χ1v) is 12.6. The lowest BCUT2D eigenvalue weighted by Crippen LogP contribution is -2.45. The summed E-state index contributed by atoms with van der Waals surface area (Å²) in [5.74, 6) is 0.579. The lowest BCUT2D eigenvalue weighted by Gasteiger charge is -2.20. The summed E-state index contributed by atoms with van der Waals surface area (Å²) in [6.45, 7) is 1.88. The number of sulfonamides is 1. The van der Waals surface area contributed by atoms with Crippen molar-refractivity contribution in [3.8, 4) is 11.5 Å². The molecule has 178 valence electrons. The molecule has 1 amide bonds. The SMILES string of the molecule is Cc1ccc(S(=O)(=O)NC(Cc2ccccc2)C(=O)Nc2ccccc2Oc2ccccc2)cc1. The lowest BCUT2D eigenvalue weighted by atomic mass is 10.1. The predicted molar refractivity (Wildman–Crippen MR) is 137 cm³/mol. The average Bonchev–Trinajstić information content (AvgIpc) is 2.86. The van der Waals surface area contributed by atoms with Crippen molar-refractivity contribution in [2.75, 3.05) is 5.32 Å². The van der Waals surface area contributed by atoms with Gasteiger partial charge in [0.1, 0.15) is 11.8 Å². The summed E-state index contributed by atoms with van der Waals surface area (Å²) in [7, 11) is -3.93. The van der Waals surface area contributed by atoms with Crippen molar-refractivity contribution in [1.82, 2.24) is 4.72 Å². The fraction of sp³-hybridized carbons (Fsp3) is 0.107. The first-order valence-electron chi connectivity index (χ1n) is 11.2. The summed E-state index contributed by atoms with van der Waals surface area (Å²) < 4.78 is 34.7. The van der Waals surface area contributed by atoms with E-state index in [1.807, 2.05) is 67.6 Å². The number of anilines is 1. The van der Waals surface area contributed by atoms with Crippen LogP contribution in [0.25, 0.3) is 0 Å². The number of rotatable bonds is 9. The van der Waals surface area contributed by atoms with Crippen LogP contribution in [-0.4, -0.2) is 20.4 Å². The Kier molecular flexibility index (Phi) is 7.60. The van der Waals surface area contributed by atoms with Gasteiger partial charge in [-0.3, -0.25) is 4.79 Å². The standard InChI is InChI=1S/C28H26N2O4S/c1-21-16-18-24(19-17-21)35(32,33)30-26(20-22-10-4-2-5-11-22)28(31)29-25-14-8-9-15-27(25)34-23-12-6-3-7-13-23/h2-19,26,30H,20H2,1H3,(H,29,31).